The van der Waals surface area contributed by atoms with E-state index in [0.717, 1.165) is 74.3 Å². The number of amides is 1. The molecule has 0 radical (unpaired) electrons. The van der Waals surface area contributed by atoms with Crippen LogP contribution in [0.25, 0.3) is 5.57 Å². The van der Waals surface area contributed by atoms with Crippen LogP contribution in [0.15, 0.2) is 36.2 Å². The third-order valence-corrected chi connectivity index (χ3v) is 8.52. The number of aromatic nitrogens is 2. The number of H-pyrrole nitrogens is 1. The molecule has 1 spiro atoms. The number of Topliss-reactive ketones (excluding diaryl/α,β-unsaturated/α-hetero) is 1. The molecule has 1 aromatic rings. The maximum absolute atomic E-state index is 13.3. The lowest BCUT2D eigenvalue weighted by Crippen LogP contribution is -2.50. The summed E-state index contributed by atoms with van der Waals surface area (Å²) in [5, 5.41) is 14.4. The number of allylic oxidation sites excluding steroid dienone is 5. The SMILES string of the molecule is CCC(=O)CCCCC[C@H](NC(=O)C1CC2(CCN(C)CC2)C1)c1ncc(C2=C/C(=C/NC)C(=N)C=C2)[nH]1. The highest BCUT2D eigenvalue weighted by molar-refractivity contribution is 6.12. The summed E-state index contributed by atoms with van der Waals surface area (Å²) in [6.07, 6.45) is 18.4. The number of ketones is 1. The zero-order chi connectivity index (χ0) is 27.1. The molecule has 2 aliphatic carbocycles. The van der Waals surface area contributed by atoms with Gasteiger partial charge in [-0.15, -0.1) is 0 Å². The molecule has 4 N–H and O–H groups in total. The molecule has 8 heteroatoms. The van der Waals surface area contributed by atoms with Crippen LogP contribution in [0.3, 0.4) is 0 Å². The molecule has 206 valence electrons. The van der Waals surface area contributed by atoms with E-state index in [-0.39, 0.29) is 17.9 Å². The Morgan fingerprint density at radius 1 is 1.24 bits per heavy atom. The molecule has 2 heterocycles. The summed E-state index contributed by atoms with van der Waals surface area (Å²) < 4.78 is 0. The minimum absolute atomic E-state index is 0.0850. The molecule has 0 bridgehead atoms. The van der Waals surface area contributed by atoms with Crippen molar-refractivity contribution in [3.63, 3.8) is 0 Å². The first kappa shape index (κ1) is 28.0. The zero-order valence-corrected chi connectivity index (χ0v) is 23.2. The van der Waals surface area contributed by atoms with Gasteiger partial charge >= 0.3 is 0 Å². The highest BCUT2D eigenvalue weighted by atomic mass is 16.2. The Bertz CT molecular complexity index is 1100. The first-order valence-corrected chi connectivity index (χ1v) is 14.2. The van der Waals surface area contributed by atoms with E-state index in [0.29, 0.717) is 29.8 Å². The average molecular weight is 521 g/mol. The normalized spacial score (nSPS) is 21.3. The number of nitrogens with zero attached hydrogens (tertiary/aromatic N) is 2. The van der Waals surface area contributed by atoms with Gasteiger partial charge in [-0.25, -0.2) is 4.98 Å². The number of aromatic amines is 1. The molecule has 1 saturated heterocycles. The minimum Gasteiger partial charge on any atom is -0.393 e. The van der Waals surface area contributed by atoms with Crippen LogP contribution in [0.5, 0.6) is 0 Å². The van der Waals surface area contributed by atoms with Crippen molar-refractivity contribution in [2.24, 2.45) is 11.3 Å². The van der Waals surface area contributed by atoms with E-state index in [1.165, 1.54) is 12.8 Å². The van der Waals surface area contributed by atoms with Crippen LogP contribution in [0.1, 0.15) is 88.7 Å². The smallest absolute Gasteiger partial charge is 0.223 e. The lowest BCUT2D eigenvalue weighted by atomic mass is 9.57. The number of carbonyl (C=O) groups excluding carboxylic acids is 2. The lowest BCUT2D eigenvalue weighted by Gasteiger charge is -2.51. The molecule has 1 aromatic heterocycles. The molecule has 2 fully saturated rings. The molecule has 0 aromatic carbocycles. The van der Waals surface area contributed by atoms with Crippen LogP contribution in [-0.4, -0.2) is 59.5 Å². The summed E-state index contributed by atoms with van der Waals surface area (Å²) in [5.74, 6) is 1.30. The van der Waals surface area contributed by atoms with Gasteiger partial charge in [0.15, 0.2) is 0 Å². The van der Waals surface area contributed by atoms with Crippen molar-refractivity contribution in [3.05, 3.63) is 47.7 Å². The Morgan fingerprint density at radius 2 is 2.00 bits per heavy atom. The molecule has 38 heavy (non-hydrogen) atoms. The first-order valence-electron chi connectivity index (χ1n) is 14.2. The molecule has 1 aliphatic heterocycles. The number of nitrogens with one attached hydrogen (secondary N) is 4. The summed E-state index contributed by atoms with van der Waals surface area (Å²) in [6, 6.07) is -0.189. The Kier molecular flexibility index (Phi) is 9.36. The first-order chi connectivity index (χ1) is 18.3. The number of imidazole rings is 1. The number of rotatable bonds is 12. The van der Waals surface area contributed by atoms with E-state index in [2.05, 4.69) is 32.5 Å². The van der Waals surface area contributed by atoms with Crippen molar-refractivity contribution >= 4 is 23.0 Å². The summed E-state index contributed by atoms with van der Waals surface area (Å²) in [5.41, 5.74) is 3.44. The second-order valence-corrected chi connectivity index (χ2v) is 11.4. The van der Waals surface area contributed by atoms with Gasteiger partial charge in [-0.1, -0.05) is 25.8 Å². The van der Waals surface area contributed by atoms with E-state index in [1.807, 2.05) is 38.5 Å². The van der Waals surface area contributed by atoms with Gasteiger partial charge in [-0.2, -0.15) is 0 Å². The molecule has 1 amide bonds. The maximum Gasteiger partial charge on any atom is 0.223 e. The summed E-state index contributed by atoms with van der Waals surface area (Å²) in [4.78, 5) is 35.5. The van der Waals surface area contributed by atoms with E-state index in [9.17, 15) is 9.59 Å². The van der Waals surface area contributed by atoms with Crippen LogP contribution in [0.4, 0.5) is 0 Å². The van der Waals surface area contributed by atoms with Gasteiger partial charge < -0.3 is 25.9 Å². The van der Waals surface area contributed by atoms with Crippen LogP contribution in [-0.2, 0) is 9.59 Å². The predicted molar refractivity (Wildman–Crippen MR) is 152 cm³/mol. The fourth-order valence-corrected chi connectivity index (χ4v) is 5.93. The number of piperidine rings is 1. The number of hydrogen-bond donors (Lipinski definition) is 4. The molecule has 8 nitrogen and oxygen atoms in total. The lowest BCUT2D eigenvalue weighted by molar-refractivity contribution is -0.135. The summed E-state index contributed by atoms with van der Waals surface area (Å²) in [7, 11) is 4.00. The zero-order valence-electron chi connectivity index (χ0n) is 23.2. The molecule has 3 aliphatic rings. The topological polar surface area (TPSA) is 114 Å². The Balaban J connectivity index is 1.41. The van der Waals surface area contributed by atoms with Crippen molar-refractivity contribution in [2.45, 2.75) is 77.2 Å². The van der Waals surface area contributed by atoms with Crippen LogP contribution >= 0.6 is 0 Å². The third-order valence-electron chi connectivity index (χ3n) is 8.52. The van der Waals surface area contributed by atoms with Gasteiger partial charge in [0, 0.05) is 43.2 Å². The van der Waals surface area contributed by atoms with E-state index in [4.69, 9.17) is 5.41 Å². The van der Waals surface area contributed by atoms with E-state index >= 15 is 0 Å². The molecular weight excluding hydrogens is 476 g/mol. The van der Waals surface area contributed by atoms with Gasteiger partial charge in [0.25, 0.3) is 0 Å². The molecule has 1 saturated carbocycles. The molecule has 1 atom stereocenters. The van der Waals surface area contributed by atoms with Crippen molar-refractivity contribution in [2.75, 3.05) is 27.2 Å². The van der Waals surface area contributed by atoms with E-state index in [1.54, 1.807) is 6.08 Å². The predicted octanol–water partition coefficient (Wildman–Crippen LogP) is 4.69. The van der Waals surface area contributed by atoms with Gasteiger partial charge in [-0.05, 0) is 76.2 Å². The highest BCUT2D eigenvalue weighted by Crippen LogP contribution is 2.52. The van der Waals surface area contributed by atoms with Gasteiger partial charge in [-0.3, -0.25) is 9.59 Å². The number of carbonyl (C=O) groups is 2. The average Bonchev–Trinajstić information content (AvgIpc) is 3.38. The number of unbranched alkanes of at least 4 members (excludes halogenated alkanes) is 2. The fourth-order valence-electron chi connectivity index (χ4n) is 5.93. The largest absolute Gasteiger partial charge is 0.393 e. The Labute approximate surface area is 226 Å². The molecule has 4 rings (SSSR count). The van der Waals surface area contributed by atoms with Crippen LogP contribution in [0.2, 0.25) is 0 Å². The van der Waals surface area contributed by atoms with Gasteiger partial charge in [0.05, 0.1) is 23.6 Å². The molecule has 0 unspecified atom stereocenters. The van der Waals surface area contributed by atoms with Crippen molar-refractivity contribution in [1.82, 2.24) is 25.5 Å². The standard InChI is InChI=1S/C30H44N6O2/c1-4-24(37)8-6-5-7-9-26(35-29(38)23-17-30(18-23)12-14-36(3)15-13-30)28-33-20-27(34-28)21-10-11-25(31)22(16-21)19-32-2/h10-11,16,19-20,23,26,31-32H,4-9,12-15,17-18H2,1-3H3,(H,33,34)(H,35,38)/b22-19-,31-25?/t26-/m0/s1. The quantitative estimate of drug-likeness (QED) is 0.299. The van der Waals surface area contributed by atoms with Gasteiger partial charge in [0.2, 0.25) is 5.91 Å². The van der Waals surface area contributed by atoms with Gasteiger partial charge in [0.1, 0.15) is 11.6 Å². The number of hydrogen-bond acceptors (Lipinski definition) is 6. The second kappa shape index (κ2) is 12.7. The summed E-state index contributed by atoms with van der Waals surface area (Å²) in [6.45, 7) is 4.17. The van der Waals surface area contributed by atoms with E-state index < -0.39 is 0 Å². The Hall–Kier alpha value is -3.00. The fraction of sp³-hybridized carbons (Fsp3) is 0.600. The maximum atomic E-state index is 13.3. The highest BCUT2D eigenvalue weighted by Gasteiger charge is 2.48. The third kappa shape index (κ3) is 6.90. The van der Waals surface area contributed by atoms with Crippen LogP contribution < -0.4 is 10.6 Å². The van der Waals surface area contributed by atoms with Crippen molar-refractivity contribution < 1.29 is 9.59 Å². The van der Waals surface area contributed by atoms with Crippen molar-refractivity contribution in [3.8, 4) is 0 Å². The summed E-state index contributed by atoms with van der Waals surface area (Å²) >= 11 is 0. The number of likely N-dealkylation sites (tertiary alicyclic amines) is 1. The Morgan fingerprint density at radius 3 is 2.71 bits per heavy atom. The molecular formula is C30H44N6O2. The minimum atomic E-state index is -0.189. The van der Waals surface area contributed by atoms with Crippen molar-refractivity contribution in [1.29, 1.82) is 5.41 Å². The van der Waals surface area contributed by atoms with Crippen LogP contribution in [0, 0.1) is 16.7 Å². The monoisotopic (exact) mass is 520 g/mol. The second-order valence-electron chi connectivity index (χ2n) is 11.4.